The van der Waals surface area contributed by atoms with Crippen LogP contribution in [0, 0.1) is 0 Å². The maximum absolute atomic E-state index is 8.74. The van der Waals surface area contributed by atoms with E-state index in [0.717, 1.165) is 0 Å². The topological polar surface area (TPSA) is 121 Å². The minimum atomic E-state index is -4.67. The van der Waals surface area contributed by atoms with Gasteiger partial charge in [-0.1, -0.05) is 6.92 Å². The third kappa shape index (κ3) is 112. The van der Waals surface area contributed by atoms with Gasteiger partial charge >= 0.3 is 10.4 Å². The minimum absolute atomic E-state index is 0.616. The average Bonchev–Trinajstić information content (AvgIpc) is 1.61. The molecule has 1 unspecified atom stereocenters. The Labute approximate surface area is 59.2 Å². The van der Waals surface area contributed by atoms with Crippen LogP contribution >= 0.6 is 0 Å². The summed E-state index contributed by atoms with van der Waals surface area (Å²) in [5, 5.41) is 8.14. The van der Waals surface area contributed by atoms with Crippen LogP contribution in [0.2, 0.25) is 0 Å². The second-order valence-electron chi connectivity index (χ2n) is 1.42. The number of hydrogen-bond acceptors (Lipinski definition) is 4. The Morgan fingerprint density at radius 3 is 1.60 bits per heavy atom. The van der Waals surface area contributed by atoms with Gasteiger partial charge in [0.1, 0.15) is 6.23 Å². The maximum Gasteiger partial charge on any atom is 0.394 e. The van der Waals surface area contributed by atoms with Gasteiger partial charge in [-0.3, -0.25) is 9.11 Å². The van der Waals surface area contributed by atoms with Crippen molar-refractivity contribution in [3.63, 3.8) is 0 Å². The highest BCUT2D eigenvalue weighted by molar-refractivity contribution is 7.79. The number of nitrogens with two attached hydrogens (primary N) is 1. The van der Waals surface area contributed by atoms with Crippen molar-refractivity contribution in [1.82, 2.24) is 0 Å². The van der Waals surface area contributed by atoms with Crippen LogP contribution in [0.25, 0.3) is 0 Å². The van der Waals surface area contributed by atoms with Crippen molar-refractivity contribution >= 4 is 10.4 Å². The van der Waals surface area contributed by atoms with Gasteiger partial charge in [0.2, 0.25) is 0 Å². The van der Waals surface area contributed by atoms with Gasteiger partial charge in [-0.2, -0.15) is 8.42 Å². The summed E-state index contributed by atoms with van der Waals surface area (Å²) >= 11 is 0. The van der Waals surface area contributed by atoms with Crippen LogP contribution in [0.5, 0.6) is 0 Å². The van der Waals surface area contributed by atoms with Crippen LogP contribution in [0.4, 0.5) is 0 Å². The molecule has 0 aromatic rings. The van der Waals surface area contributed by atoms with E-state index >= 15 is 0 Å². The van der Waals surface area contributed by atoms with Crippen LogP contribution in [-0.2, 0) is 10.4 Å². The van der Waals surface area contributed by atoms with E-state index in [2.05, 4.69) is 0 Å². The molecule has 7 heteroatoms. The van der Waals surface area contributed by atoms with E-state index in [1.165, 1.54) is 0 Å². The Morgan fingerprint density at radius 1 is 1.50 bits per heavy atom. The second-order valence-corrected chi connectivity index (χ2v) is 2.32. The van der Waals surface area contributed by atoms with E-state index in [1.54, 1.807) is 0 Å². The molecule has 0 rings (SSSR count). The highest BCUT2D eigenvalue weighted by Gasteiger charge is 1.84. The molecule has 0 saturated carbocycles. The van der Waals surface area contributed by atoms with E-state index in [4.69, 9.17) is 28.4 Å². The molecule has 0 spiro atoms. The van der Waals surface area contributed by atoms with Crippen molar-refractivity contribution in [3.05, 3.63) is 0 Å². The molecule has 0 radical (unpaired) electrons. The van der Waals surface area contributed by atoms with Crippen LogP contribution < -0.4 is 5.73 Å². The largest absolute Gasteiger partial charge is 0.394 e. The van der Waals surface area contributed by atoms with Crippen molar-refractivity contribution in [2.45, 2.75) is 19.6 Å². The summed E-state index contributed by atoms with van der Waals surface area (Å²) in [7, 11) is -4.67. The zero-order chi connectivity index (χ0) is 8.78. The Morgan fingerprint density at radius 2 is 1.60 bits per heavy atom. The summed E-state index contributed by atoms with van der Waals surface area (Å²) in [4.78, 5) is 0. The van der Waals surface area contributed by atoms with Gasteiger partial charge in [0.25, 0.3) is 0 Å². The van der Waals surface area contributed by atoms with Crippen LogP contribution in [0.1, 0.15) is 13.3 Å². The van der Waals surface area contributed by atoms with Gasteiger partial charge in [0, 0.05) is 0 Å². The Hall–Kier alpha value is -0.210. The number of rotatable bonds is 1. The minimum Gasteiger partial charge on any atom is -0.379 e. The van der Waals surface area contributed by atoms with Gasteiger partial charge in [-0.15, -0.1) is 0 Å². The van der Waals surface area contributed by atoms with Crippen molar-refractivity contribution in [2.75, 3.05) is 0 Å². The Bertz CT molecular complexity index is 142. The molecule has 0 amide bonds. The van der Waals surface area contributed by atoms with E-state index in [1.807, 2.05) is 6.92 Å². The lowest BCUT2D eigenvalue weighted by atomic mass is 10.5. The molecule has 0 aromatic carbocycles. The fraction of sp³-hybridized carbons (Fsp3) is 1.00. The first-order valence-electron chi connectivity index (χ1n) is 2.41. The van der Waals surface area contributed by atoms with Gasteiger partial charge in [-0.25, -0.2) is 0 Å². The van der Waals surface area contributed by atoms with Crippen LogP contribution in [0.3, 0.4) is 0 Å². The fourth-order valence-electron chi connectivity index (χ4n) is 0. The van der Waals surface area contributed by atoms with Crippen molar-refractivity contribution in [2.24, 2.45) is 5.73 Å². The SMILES string of the molecule is CCC(N)O.O=S(=O)(O)O. The molecule has 5 N–H and O–H groups in total. The lowest BCUT2D eigenvalue weighted by molar-refractivity contribution is 0.178. The lowest BCUT2D eigenvalue weighted by Crippen LogP contribution is -2.16. The molecule has 0 saturated heterocycles. The molecule has 0 aliphatic rings. The van der Waals surface area contributed by atoms with Gasteiger partial charge < -0.3 is 10.8 Å². The average molecular weight is 173 g/mol. The summed E-state index contributed by atoms with van der Waals surface area (Å²) in [6.45, 7) is 1.82. The zero-order valence-corrected chi connectivity index (χ0v) is 6.24. The Balaban J connectivity index is 0. The summed E-state index contributed by atoms with van der Waals surface area (Å²) in [5.41, 5.74) is 4.85. The quantitative estimate of drug-likeness (QED) is 0.299. The second kappa shape index (κ2) is 5.57. The summed E-state index contributed by atoms with van der Waals surface area (Å²) < 4.78 is 31.6. The van der Waals surface area contributed by atoms with Gasteiger partial charge in [0.05, 0.1) is 0 Å². The number of aliphatic hydroxyl groups is 1. The molecule has 0 aliphatic carbocycles. The van der Waals surface area contributed by atoms with Gasteiger partial charge in [-0.05, 0) is 6.42 Å². The molecule has 10 heavy (non-hydrogen) atoms. The maximum atomic E-state index is 8.74. The van der Waals surface area contributed by atoms with Crippen molar-refractivity contribution in [1.29, 1.82) is 0 Å². The van der Waals surface area contributed by atoms with Gasteiger partial charge in [0.15, 0.2) is 0 Å². The zero-order valence-electron chi connectivity index (χ0n) is 5.43. The van der Waals surface area contributed by atoms with Crippen molar-refractivity contribution in [3.8, 4) is 0 Å². The summed E-state index contributed by atoms with van der Waals surface area (Å²) in [5.74, 6) is 0. The van der Waals surface area contributed by atoms with E-state index in [-0.39, 0.29) is 0 Å². The molecular weight excluding hydrogens is 162 g/mol. The molecule has 64 valence electrons. The van der Waals surface area contributed by atoms with Crippen molar-refractivity contribution < 1.29 is 22.6 Å². The third-order valence-corrected chi connectivity index (χ3v) is 0.418. The monoisotopic (exact) mass is 173 g/mol. The predicted octanol–water partition coefficient (Wildman–Crippen LogP) is -0.979. The molecule has 6 nitrogen and oxygen atoms in total. The smallest absolute Gasteiger partial charge is 0.379 e. The third-order valence-electron chi connectivity index (χ3n) is 0.418. The molecule has 0 aromatic heterocycles. The first kappa shape index (κ1) is 12.5. The molecule has 0 heterocycles. The normalized spacial score (nSPS) is 13.3. The molecule has 0 aliphatic heterocycles. The first-order valence-corrected chi connectivity index (χ1v) is 3.80. The van der Waals surface area contributed by atoms with Crippen LogP contribution in [-0.4, -0.2) is 28.9 Å². The fourth-order valence-corrected chi connectivity index (χ4v) is 0. The number of hydrogen-bond donors (Lipinski definition) is 4. The van der Waals surface area contributed by atoms with E-state index < -0.39 is 16.6 Å². The molecule has 0 bridgehead atoms. The number of aliphatic hydroxyl groups excluding tert-OH is 1. The van der Waals surface area contributed by atoms with E-state index in [9.17, 15) is 0 Å². The summed E-state index contributed by atoms with van der Waals surface area (Å²) in [6, 6.07) is 0. The predicted molar refractivity (Wildman–Crippen MR) is 34.7 cm³/mol. The Kier molecular flexibility index (Phi) is 6.94. The molecule has 1 atom stereocenters. The molecule has 0 fully saturated rings. The standard InChI is InChI=1S/C3H9NO.H2O4S/c1-2-3(4)5;1-5(2,3)4/h3,5H,2,4H2,1H3;(H2,1,2,3,4). The highest BCUT2D eigenvalue weighted by Crippen LogP contribution is 1.72. The highest BCUT2D eigenvalue weighted by atomic mass is 32.3. The first-order chi connectivity index (χ1) is 4.27. The molecular formula is C3H11NO5S. The lowest BCUT2D eigenvalue weighted by Gasteiger charge is -1.91. The summed E-state index contributed by atoms with van der Waals surface area (Å²) in [6.07, 6.45) is 0.0231. The van der Waals surface area contributed by atoms with E-state index in [0.29, 0.717) is 6.42 Å². The van der Waals surface area contributed by atoms with Crippen LogP contribution in [0.15, 0.2) is 0 Å².